The van der Waals surface area contributed by atoms with Crippen LogP contribution in [0.4, 0.5) is 5.82 Å². The van der Waals surface area contributed by atoms with Crippen LogP contribution in [0.2, 0.25) is 0 Å². The van der Waals surface area contributed by atoms with Gasteiger partial charge in [0, 0.05) is 24.8 Å². The lowest BCUT2D eigenvalue weighted by atomic mass is 10.0. The first-order chi connectivity index (χ1) is 12.1. The van der Waals surface area contributed by atoms with Crippen molar-refractivity contribution < 1.29 is 9.26 Å². The summed E-state index contributed by atoms with van der Waals surface area (Å²) in [6.45, 7) is 10.2. The van der Waals surface area contributed by atoms with Crippen molar-refractivity contribution in [1.29, 1.82) is 0 Å². The number of rotatable bonds is 6. The fraction of sp³-hybridized carbons (Fsp3) is 0.632. The molecule has 0 amide bonds. The zero-order valence-corrected chi connectivity index (χ0v) is 15.6. The van der Waals surface area contributed by atoms with Gasteiger partial charge in [-0.15, -0.1) is 0 Å². The lowest BCUT2D eigenvalue weighted by molar-refractivity contribution is -0.0521. The van der Waals surface area contributed by atoms with Crippen LogP contribution in [-0.2, 0) is 4.74 Å². The van der Waals surface area contributed by atoms with Crippen molar-refractivity contribution in [2.75, 3.05) is 18.0 Å². The predicted octanol–water partition coefficient (Wildman–Crippen LogP) is 3.86. The molecule has 2 aromatic heterocycles. The number of pyridine rings is 1. The third kappa shape index (κ3) is 4.37. The summed E-state index contributed by atoms with van der Waals surface area (Å²) in [5, 5.41) is 3.88. The van der Waals surface area contributed by atoms with E-state index in [1.807, 2.05) is 25.3 Å². The van der Waals surface area contributed by atoms with Crippen molar-refractivity contribution in [2.45, 2.75) is 59.2 Å². The summed E-state index contributed by atoms with van der Waals surface area (Å²) in [7, 11) is 0. The summed E-state index contributed by atoms with van der Waals surface area (Å²) in [6.07, 6.45) is 5.78. The third-order valence-electron chi connectivity index (χ3n) is 4.66. The van der Waals surface area contributed by atoms with Gasteiger partial charge in [0.25, 0.3) is 5.89 Å². The predicted molar refractivity (Wildman–Crippen MR) is 97.5 cm³/mol. The van der Waals surface area contributed by atoms with Gasteiger partial charge in [-0.2, -0.15) is 4.98 Å². The Morgan fingerprint density at radius 3 is 2.84 bits per heavy atom. The molecule has 2 atom stereocenters. The Kier molecular flexibility index (Phi) is 5.68. The summed E-state index contributed by atoms with van der Waals surface area (Å²) in [4.78, 5) is 11.2. The van der Waals surface area contributed by atoms with Crippen molar-refractivity contribution >= 4 is 5.82 Å². The van der Waals surface area contributed by atoms with E-state index in [1.165, 1.54) is 12.8 Å². The van der Waals surface area contributed by atoms with Gasteiger partial charge in [-0.05, 0) is 31.4 Å². The van der Waals surface area contributed by atoms with E-state index in [2.05, 4.69) is 40.8 Å². The Morgan fingerprint density at radius 2 is 2.16 bits per heavy atom. The molecule has 6 heteroatoms. The average molecular weight is 344 g/mol. The number of nitrogens with zero attached hydrogens (tertiary/aromatic N) is 4. The van der Waals surface area contributed by atoms with E-state index in [4.69, 9.17) is 9.26 Å². The zero-order valence-electron chi connectivity index (χ0n) is 15.6. The minimum absolute atomic E-state index is 0.228. The molecule has 0 N–H and O–H groups in total. The second-order valence-corrected chi connectivity index (χ2v) is 7.14. The number of anilines is 1. The molecule has 0 spiro atoms. The highest BCUT2D eigenvalue weighted by molar-refractivity contribution is 5.58. The molecular formula is C19H28N4O2. The number of hydrogen-bond donors (Lipinski definition) is 0. The van der Waals surface area contributed by atoms with Crippen LogP contribution in [0.15, 0.2) is 22.9 Å². The maximum atomic E-state index is 6.31. The van der Waals surface area contributed by atoms with Crippen LogP contribution in [0.1, 0.15) is 45.9 Å². The molecular weight excluding hydrogens is 316 g/mol. The Balaban J connectivity index is 1.81. The van der Waals surface area contributed by atoms with Gasteiger partial charge in [0.05, 0.1) is 12.2 Å². The first-order valence-electron chi connectivity index (χ1n) is 9.24. The van der Waals surface area contributed by atoms with Crippen molar-refractivity contribution in [3.8, 4) is 11.5 Å². The number of aromatic nitrogens is 3. The van der Waals surface area contributed by atoms with Gasteiger partial charge in [-0.1, -0.05) is 38.8 Å². The van der Waals surface area contributed by atoms with Crippen molar-refractivity contribution in [3.05, 3.63) is 24.2 Å². The average Bonchev–Trinajstić information content (AvgIpc) is 3.06. The molecule has 1 aliphatic rings. The molecule has 6 nitrogen and oxygen atoms in total. The molecule has 3 heterocycles. The van der Waals surface area contributed by atoms with Crippen LogP contribution >= 0.6 is 0 Å². The minimum Gasteiger partial charge on any atom is -0.371 e. The van der Waals surface area contributed by atoms with E-state index in [0.717, 1.165) is 30.9 Å². The number of morpholine rings is 1. The minimum atomic E-state index is 0.228. The van der Waals surface area contributed by atoms with E-state index in [-0.39, 0.29) is 12.2 Å². The first-order valence-corrected chi connectivity index (χ1v) is 9.24. The van der Waals surface area contributed by atoms with Crippen LogP contribution in [-0.4, -0.2) is 40.4 Å². The Labute approximate surface area is 149 Å². The molecule has 25 heavy (non-hydrogen) atoms. The highest BCUT2D eigenvalue weighted by Crippen LogP contribution is 2.27. The van der Waals surface area contributed by atoms with Crippen molar-refractivity contribution in [2.24, 2.45) is 5.92 Å². The topological polar surface area (TPSA) is 64.3 Å². The molecule has 2 aromatic rings. The smallest absolute Gasteiger partial charge is 0.258 e. The van der Waals surface area contributed by atoms with Gasteiger partial charge >= 0.3 is 0 Å². The second-order valence-electron chi connectivity index (χ2n) is 7.14. The highest BCUT2D eigenvalue weighted by atomic mass is 16.5. The molecule has 1 aliphatic heterocycles. The molecule has 3 rings (SSSR count). The first kappa shape index (κ1) is 17.9. The fourth-order valence-electron chi connectivity index (χ4n) is 3.16. The lowest BCUT2D eigenvalue weighted by Crippen LogP contribution is -2.49. The summed E-state index contributed by atoms with van der Waals surface area (Å²) in [5.41, 5.74) is 0.906. The van der Waals surface area contributed by atoms with E-state index >= 15 is 0 Å². The number of unbranched alkanes of at least 4 members (excludes halogenated alkanes) is 1. The van der Waals surface area contributed by atoms with Crippen molar-refractivity contribution in [3.63, 3.8) is 0 Å². The molecule has 1 saturated heterocycles. The highest BCUT2D eigenvalue weighted by Gasteiger charge is 2.30. The fourth-order valence-corrected chi connectivity index (χ4v) is 3.16. The molecule has 0 saturated carbocycles. The number of ether oxygens (including phenoxy) is 1. The molecule has 0 aliphatic carbocycles. The maximum absolute atomic E-state index is 6.31. The van der Waals surface area contributed by atoms with Gasteiger partial charge < -0.3 is 14.2 Å². The van der Waals surface area contributed by atoms with Gasteiger partial charge in [0.15, 0.2) is 5.82 Å². The standard InChI is InChI=1S/C19H28N4O2/c1-5-6-7-16-11-23(12-17(24-16)13(2)3)18-10-15(8-9-20-18)19-21-14(4)22-25-19/h8-10,13,16-17H,5-7,11-12H2,1-4H3/t16-,17-/m1/s1. The molecule has 0 unspecified atom stereocenters. The number of aryl methyl sites for hydroxylation is 1. The lowest BCUT2D eigenvalue weighted by Gasteiger charge is -2.40. The normalized spacial score (nSPS) is 21.1. The van der Waals surface area contributed by atoms with E-state index in [9.17, 15) is 0 Å². The molecule has 0 bridgehead atoms. The Bertz CT molecular complexity index is 686. The monoisotopic (exact) mass is 344 g/mol. The van der Waals surface area contributed by atoms with E-state index in [1.54, 1.807) is 0 Å². The van der Waals surface area contributed by atoms with Gasteiger partial charge in [0.1, 0.15) is 5.82 Å². The van der Waals surface area contributed by atoms with Crippen LogP contribution in [0.25, 0.3) is 11.5 Å². The third-order valence-corrected chi connectivity index (χ3v) is 4.66. The van der Waals surface area contributed by atoms with Crippen molar-refractivity contribution in [1.82, 2.24) is 15.1 Å². The van der Waals surface area contributed by atoms with Crippen LogP contribution in [0.3, 0.4) is 0 Å². The van der Waals surface area contributed by atoms with Gasteiger partial charge in [-0.3, -0.25) is 0 Å². The molecule has 136 valence electrons. The molecule has 0 radical (unpaired) electrons. The van der Waals surface area contributed by atoms with Gasteiger partial charge in [-0.25, -0.2) is 4.98 Å². The van der Waals surface area contributed by atoms with Gasteiger partial charge in [0.2, 0.25) is 0 Å². The number of hydrogen-bond acceptors (Lipinski definition) is 6. The second kappa shape index (κ2) is 7.95. The Hall–Kier alpha value is -1.95. The van der Waals surface area contributed by atoms with E-state index < -0.39 is 0 Å². The Morgan fingerprint density at radius 1 is 1.32 bits per heavy atom. The maximum Gasteiger partial charge on any atom is 0.258 e. The van der Waals surface area contributed by atoms with Crippen LogP contribution in [0.5, 0.6) is 0 Å². The SMILES string of the molecule is CCCC[C@@H]1CN(c2cc(-c3nc(C)no3)ccn2)C[C@H](C(C)C)O1. The summed E-state index contributed by atoms with van der Waals surface area (Å²) < 4.78 is 11.6. The largest absolute Gasteiger partial charge is 0.371 e. The molecule has 1 fully saturated rings. The summed E-state index contributed by atoms with van der Waals surface area (Å²) in [6, 6.07) is 3.94. The zero-order chi connectivity index (χ0) is 17.8. The summed E-state index contributed by atoms with van der Waals surface area (Å²) >= 11 is 0. The van der Waals surface area contributed by atoms with Crippen LogP contribution < -0.4 is 4.90 Å². The summed E-state index contributed by atoms with van der Waals surface area (Å²) in [5.74, 6) is 2.61. The molecule has 0 aromatic carbocycles. The van der Waals surface area contributed by atoms with E-state index in [0.29, 0.717) is 17.6 Å². The quantitative estimate of drug-likeness (QED) is 0.793. The van der Waals surface area contributed by atoms with Crippen LogP contribution in [0, 0.1) is 12.8 Å².